The van der Waals surface area contributed by atoms with Crippen molar-refractivity contribution < 1.29 is 9.53 Å². The molecule has 0 bridgehead atoms. The highest BCUT2D eigenvalue weighted by atomic mass is 35.5. The van der Waals surface area contributed by atoms with E-state index in [1.807, 2.05) is 6.92 Å². The van der Waals surface area contributed by atoms with Gasteiger partial charge in [0.25, 0.3) is 5.91 Å². The van der Waals surface area contributed by atoms with E-state index in [4.69, 9.17) is 27.9 Å². The Bertz CT molecular complexity index is 631. The van der Waals surface area contributed by atoms with Crippen molar-refractivity contribution >= 4 is 45.6 Å². The zero-order valence-electron chi connectivity index (χ0n) is 10.8. The van der Waals surface area contributed by atoms with E-state index in [1.165, 1.54) is 11.3 Å². The van der Waals surface area contributed by atoms with Gasteiger partial charge in [-0.2, -0.15) is 0 Å². The Hall–Kier alpha value is -1.30. The van der Waals surface area contributed by atoms with E-state index in [1.54, 1.807) is 31.3 Å². The first kappa shape index (κ1) is 15.1. The number of aromatic nitrogens is 1. The zero-order chi connectivity index (χ0) is 14.7. The SMILES string of the molecule is Cc1cnc(NC(=O)[C@@H](C)Oc2ccc(Cl)cc2Cl)s1. The van der Waals surface area contributed by atoms with Crippen molar-refractivity contribution in [1.82, 2.24) is 4.98 Å². The number of carbonyl (C=O) groups excluding carboxylic acids is 1. The highest BCUT2D eigenvalue weighted by molar-refractivity contribution is 7.15. The molecule has 0 aliphatic carbocycles. The van der Waals surface area contributed by atoms with Gasteiger partial charge in [0.1, 0.15) is 5.75 Å². The maximum Gasteiger partial charge on any atom is 0.266 e. The third kappa shape index (κ3) is 3.85. The van der Waals surface area contributed by atoms with Gasteiger partial charge in [-0.1, -0.05) is 23.2 Å². The van der Waals surface area contributed by atoms with Crippen molar-refractivity contribution in [2.45, 2.75) is 20.0 Å². The average Bonchev–Trinajstić information content (AvgIpc) is 2.78. The van der Waals surface area contributed by atoms with E-state index < -0.39 is 6.10 Å². The third-order valence-electron chi connectivity index (χ3n) is 2.42. The molecule has 2 rings (SSSR count). The molecule has 0 spiro atoms. The summed E-state index contributed by atoms with van der Waals surface area (Å²) in [7, 11) is 0. The molecule has 1 amide bonds. The van der Waals surface area contributed by atoms with Crippen molar-refractivity contribution in [2.24, 2.45) is 0 Å². The summed E-state index contributed by atoms with van der Waals surface area (Å²) in [6, 6.07) is 4.84. The first-order chi connectivity index (χ1) is 9.45. The molecule has 0 saturated carbocycles. The Morgan fingerprint density at radius 2 is 2.20 bits per heavy atom. The van der Waals surface area contributed by atoms with Gasteiger partial charge in [0.2, 0.25) is 0 Å². The molecule has 1 aromatic carbocycles. The molecule has 0 saturated heterocycles. The molecule has 4 nitrogen and oxygen atoms in total. The monoisotopic (exact) mass is 330 g/mol. The molecule has 0 aliphatic rings. The number of carbonyl (C=O) groups is 1. The summed E-state index contributed by atoms with van der Waals surface area (Å²) in [5.74, 6) is 0.124. The number of aryl methyl sites for hydroxylation is 1. The molecule has 0 unspecified atom stereocenters. The maximum atomic E-state index is 12.0. The fraction of sp³-hybridized carbons (Fsp3) is 0.231. The Kier molecular flexibility index (Phi) is 4.86. The number of rotatable bonds is 4. The lowest BCUT2D eigenvalue weighted by molar-refractivity contribution is -0.122. The number of amides is 1. The van der Waals surface area contributed by atoms with Crippen LogP contribution in [0.5, 0.6) is 5.75 Å². The average molecular weight is 331 g/mol. The highest BCUT2D eigenvalue weighted by Crippen LogP contribution is 2.28. The van der Waals surface area contributed by atoms with Crippen LogP contribution in [0.1, 0.15) is 11.8 Å². The molecule has 1 atom stereocenters. The molecule has 20 heavy (non-hydrogen) atoms. The van der Waals surface area contributed by atoms with Gasteiger partial charge in [0.05, 0.1) is 5.02 Å². The molecule has 0 aliphatic heterocycles. The van der Waals surface area contributed by atoms with E-state index in [9.17, 15) is 4.79 Å². The summed E-state index contributed by atoms with van der Waals surface area (Å²) >= 11 is 13.2. The van der Waals surface area contributed by atoms with Crippen molar-refractivity contribution in [3.8, 4) is 5.75 Å². The summed E-state index contributed by atoms with van der Waals surface area (Å²) in [5, 5.41) is 4.11. The Balaban J connectivity index is 2.00. The summed E-state index contributed by atoms with van der Waals surface area (Å²) < 4.78 is 5.52. The van der Waals surface area contributed by atoms with Gasteiger partial charge < -0.3 is 4.74 Å². The van der Waals surface area contributed by atoms with Crippen LogP contribution >= 0.6 is 34.5 Å². The molecule has 106 valence electrons. The number of halogens is 2. The highest BCUT2D eigenvalue weighted by Gasteiger charge is 2.17. The van der Waals surface area contributed by atoms with Crippen molar-refractivity contribution in [2.75, 3.05) is 5.32 Å². The summed E-state index contributed by atoms with van der Waals surface area (Å²) in [6.07, 6.45) is 1.000. The topological polar surface area (TPSA) is 51.2 Å². The van der Waals surface area contributed by atoms with Gasteiger partial charge in [-0.25, -0.2) is 4.98 Å². The third-order valence-corrected chi connectivity index (χ3v) is 3.78. The van der Waals surface area contributed by atoms with Crippen molar-refractivity contribution in [3.05, 3.63) is 39.3 Å². The van der Waals surface area contributed by atoms with Gasteiger partial charge in [-0.3, -0.25) is 10.1 Å². The van der Waals surface area contributed by atoms with Crippen LogP contribution in [0.3, 0.4) is 0 Å². The predicted molar refractivity (Wildman–Crippen MR) is 82.0 cm³/mol. The normalized spacial score (nSPS) is 12.0. The minimum absolute atomic E-state index is 0.287. The Morgan fingerprint density at radius 1 is 1.45 bits per heavy atom. The maximum absolute atomic E-state index is 12.0. The molecule has 1 aromatic heterocycles. The number of thiazole rings is 1. The van der Waals surface area contributed by atoms with Crippen LogP contribution in [0.2, 0.25) is 10.0 Å². The van der Waals surface area contributed by atoms with E-state index >= 15 is 0 Å². The number of benzene rings is 1. The molecule has 0 fully saturated rings. The quantitative estimate of drug-likeness (QED) is 0.915. The fourth-order valence-electron chi connectivity index (χ4n) is 1.43. The first-order valence-electron chi connectivity index (χ1n) is 5.80. The number of anilines is 1. The number of ether oxygens (including phenoxy) is 1. The standard InChI is InChI=1S/C13H12Cl2N2O2S/c1-7-6-16-13(20-7)17-12(18)8(2)19-11-4-3-9(14)5-10(11)15/h3-6,8H,1-2H3,(H,16,17,18)/t8-/m1/s1. The molecule has 1 heterocycles. The van der Waals surface area contributed by atoms with Crippen LogP contribution < -0.4 is 10.1 Å². The van der Waals surface area contributed by atoms with E-state index in [0.29, 0.717) is 20.9 Å². The number of hydrogen-bond acceptors (Lipinski definition) is 4. The lowest BCUT2D eigenvalue weighted by Crippen LogP contribution is -2.30. The van der Waals surface area contributed by atoms with Crippen LogP contribution in [-0.2, 0) is 4.79 Å². The molecular weight excluding hydrogens is 319 g/mol. The molecule has 7 heteroatoms. The van der Waals surface area contributed by atoms with Crippen molar-refractivity contribution in [3.63, 3.8) is 0 Å². The summed E-state index contributed by atoms with van der Waals surface area (Å²) in [4.78, 5) is 17.1. The van der Waals surface area contributed by atoms with Crippen LogP contribution in [0.15, 0.2) is 24.4 Å². The number of hydrogen-bond donors (Lipinski definition) is 1. The largest absolute Gasteiger partial charge is 0.479 e. The van der Waals surface area contributed by atoms with Gasteiger partial charge in [-0.15, -0.1) is 11.3 Å². The number of nitrogens with one attached hydrogen (secondary N) is 1. The molecule has 2 aromatic rings. The van der Waals surface area contributed by atoms with Crippen LogP contribution in [-0.4, -0.2) is 17.0 Å². The predicted octanol–water partition coefficient (Wildman–Crippen LogP) is 4.16. The molecule has 1 N–H and O–H groups in total. The minimum Gasteiger partial charge on any atom is -0.479 e. The van der Waals surface area contributed by atoms with Gasteiger partial charge in [-0.05, 0) is 32.0 Å². The van der Waals surface area contributed by atoms with Gasteiger partial charge in [0, 0.05) is 16.1 Å². The van der Waals surface area contributed by atoms with Crippen LogP contribution in [0.25, 0.3) is 0 Å². The molecule has 0 radical (unpaired) electrons. The zero-order valence-corrected chi connectivity index (χ0v) is 13.1. The van der Waals surface area contributed by atoms with Crippen LogP contribution in [0, 0.1) is 6.92 Å². The lowest BCUT2D eigenvalue weighted by atomic mass is 10.3. The minimum atomic E-state index is -0.696. The van der Waals surface area contributed by atoms with Crippen molar-refractivity contribution in [1.29, 1.82) is 0 Å². The van der Waals surface area contributed by atoms with E-state index in [2.05, 4.69) is 10.3 Å². The van der Waals surface area contributed by atoms with E-state index in [0.717, 1.165) is 4.88 Å². The van der Waals surface area contributed by atoms with E-state index in [-0.39, 0.29) is 5.91 Å². The van der Waals surface area contributed by atoms with Crippen LogP contribution in [0.4, 0.5) is 5.13 Å². The first-order valence-corrected chi connectivity index (χ1v) is 7.38. The summed E-state index contributed by atoms with van der Waals surface area (Å²) in [5.41, 5.74) is 0. The lowest BCUT2D eigenvalue weighted by Gasteiger charge is -2.14. The second-order valence-electron chi connectivity index (χ2n) is 4.10. The second-order valence-corrected chi connectivity index (χ2v) is 6.18. The van der Waals surface area contributed by atoms with Gasteiger partial charge >= 0.3 is 0 Å². The second kappa shape index (κ2) is 6.43. The fourth-order valence-corrected chi connectivity index (χ4v) is 2.55. The summed E-state index contributed by atoms with van der Waals surface area (Å²) in [6.45, 7) is 3.56. The molecular formula is C13H12Cl2N2O2S. The number of nitrogens with zero attached hydrogens (tertiary/aromatic N) is 1. The van der Waals surface area contributed by atoms with Gasteiger partial charge in [0.15, 0.2) is 11.2 Å². The Labute approximate surface area is 130 Å². The smallest absolute Gasteiger partial charge is 0.266 e. The Morgan fingerprint density at radius 3 is 2.80 bits per heavy atom.